The zero-order valence-corrected chi connectivity index (χ0v) is 10.8. The van der Waals surface area contributed by atoms with Crippen LogP contribution in [0.1, 0.15) is 0 Å². The Kier molecular flexibility index (Phi) is 3.72. The fourth-order valence-electron chi connectivity index (χ4n) is 0.984. The number of nitrogens with two attached hydrogens (primary N) is 1. The number of hydrogen-bond acceptors (Lipinski definition) is 4. The first kappa shape index (κ1) is 12.4. The van der Waals surface area contributed by atoms with E-state index in [0.29, 0.717) is 10.2 Å². The van der Waals surface area contributed by atoms with Crippen molar-refractivity contribution in [2.45, 2.75) is 4.90 Å². The summed E-state index contributed by atoms with van der Waals surface area (Å²) in [6.07, 6.45) is 0. The van der Waals surface area contributed by atoms with Crippen LogP contribution in [0, 0.1) is 0 Å². The molecule has 3 N–H and O–H groups in total. The van der Waals surface area contributed by atoms with Crippen LogP contribution in [0.2, 0.25) is 0 Å². The van der Waals surface area contributed by atoms with E-state index in [0.717, 1.165) is 4.31 Å². The predicted molar refractivity (Wildman–Crippen MR) is 62.8 cm³/mol. The Morgan fingerprint density at radius 1 is 1.40 bits per heavy atom. The highest BCUT2D eigenvalue weighted by molar-refractivity contribution is 9.10. The van der Waals surface area contributed by atoms with E-state index < -0.39 is 10.0 Å². The molecule has 5 nitrogen and oxygen atoms in total. The topological polar surface area (TPSA) is 75.4 Å². The highest BCUT2D eigenvalue weighted by Crippen LogP contribution is 2.25. The molecule has 0 saturated carbocycles. The predicted octanol–water partition coefficient (Wildman–Crippen LogP) is 0.985. The van der Waals surface area contributed by atoms with Crippen molar-refractivity contribution < 1.29 is 8.42 Å². The normalized spacial score (nSPS) is 11.8. The van der Waals surface area contributed by atoms with Crippen molar-refractivity contribution in [1.82, 2.24) is 4.31 Å². The Labute approximate surface area is 97.4 Å². The van der Waals surface area contributed by atoms with Crippen LogP contribution < -0.4 is 11.3 Å². The third kappa shape index (κ3) is 2.49. The lowest BCUT2D eigenvalue weighted by molar-refractivity contribution is 0.520. The molecule has 1 aromatic carbocycles. The molecule has 0 aliphatic carbocycles. The van der Waals surface area contributed by atoms with Gasteiger partial charge in [0.2, 0.25) is 10.0 Å². The molecule has 0 spiro atoms. The molecule has 0 aromatic heterocycles. The van der Waals surface area contributed by atoms with E-state index in [1.54, 1.807) is 6.07 Å². The summed E-state index contributed by atoms with van der Waals surface area (Å²) in [5.74, 6) is 5.23. The first-order chi connectivity index (χ1) is 6.89. The number of benzene rings is 1. The van der Waals surface area contributed by atoms with Crippen LogP contribution >= 0.6 is 15.9 Å². The van der Waals surface area contributed by atoms with Gasteiger partial charge in [0.05, 0.1) is 10.6 Å². The average Bonchev–Trinajstić information content (AvgIpc) is 2.17. The van der Waals surface area contributed by atoms with Gasteiger partial charge in [-0.3, -0.25) is 5.84 Å². The van der Waals surface area contributed by atoms with Gasteiger partial charge in [-0.1, -0.05) is 0 Å². The Morgan fingerprint density at radius 2 is 2.00 bits per heavy atom. The maximum absolute atomic E-state index is 11.7. The number of nitrogens with one attached hydrogen (secondary N) is 1. The van der Waals surface area contributed by atoms with Crippen LogP contribution in [0.15, 0.2) is 27.6 Å². The summed E-state index contributed by atoms with van der Waals surface area (Å²) in [6.45, 7) is 0. The van der Waals surface area contributed by atoms with Crippen molar-refractivity contribution >= 4 is 31.6 Å². The average molecular weight is 294 g/mol. The molecular formula is C8H12BrN3O2S. The molecule has 1 aromatic rings. The number of sulfonamides is 1. The fourth-order valence-corrected chi connectivity index (χ4v) is 2.56. The summed E-state index contributed by atoms with van der Waals surface area (Å²) in [4.78, 5) is 0.221. The van der Waals surface area contributed by atoms with Crippen molar-refractivity contribution in [3.05, 3.63) is 22.7 Å². The highest BCUT2D eigenvalue weighted by Gasteiger charge is 2.17. The minimum atomic E-state index is -3.39. The number of rotatable bonds is 3. The van der Waals surface area contributed by atoms with E-state index in [1.807, 2.05) is 0 Å². The molecule has 0 fully saturated rings. The Balaban J connectivity index is 3.25. The molecule has 0 atom stereocenters. The van der Waals surface area contributed by atoms with Gasteiger partial charge in [0.1, 0.15) is 0 Å². The number of hydrogen-bond donors (Lipinski definition) is 2. The standard InChI is InChI=1S/C8H12BrN3O2S/c1-12(2)15(13,14)6-3-4-8(11-10)7(9)5-6/h3-5,11H,10H2,1-2H3. The molecular weight excluding hydrogens is 282 g/mol. The molecule has 0 radical (unpaired) electrons. The lowest BCUT2D eigenvalue weighted by Gasteiger charge is -2.12. The molecule has 0 bridgehead atoms. The van der Waals surface area contributed by atoms with Gasteiger partial charge in [-0.05, 0) is 34.1 Å². The molecule has 0 amide bonds. The molecule has 0 aliphatic heterocycles. The van der Waals surface area contributed by atoms with Crippen LogP contribution in [0.4, 0.5) is 5.69 Å². The van der Waals surface area contributed by atoms with E-state index in [4.69, 9.17) is 5.84 Å². The van der Waals surface area contributed by atoms with Crippen molar-refractivity contribution in [2.24, 2.45) is 5.84 Å². The van der Waals surface area contributed by atoms with Gasteiger partial charge in [-0.2, -0.15) is 0 Å². The molecule has 1 rings (SSSR count). The van der Waals surface area contributed by atoms with E-state index in [-0.39, 0.29) is 4.90 Å². The second kappa shape index (κ2) is 4.48. The van der Waals surface area contributed by atoms with Gasteiger partial charge in [0, 0.05) is 18.6 Å². The first-order valence-corrected chi connectivity index (χ1v) is 6.31. The zero-order chi connectivity index (χ0) is 11.6. The summed E-state index contributed by atoms with van der Waals surface area (Å²) in [6, 6.07) is 4.60. The summed E-state index contributed by atoms with van der Waals surface area (Å²) in [7, 11) is -0.421. The minimum Gasteiger partial charge on any atom is -0.323 e. The smallest absolute Gasteiger partial charge is 0.242 e. The Morgan fingerprint density at radius 3 is 2.40 bits per heavy atom. The summed E-state index contributed by atoms with van der Waals surface area (Å²) in [5.41, 5.74) is 3.08. The molecule has 15 heavy (non-hydrogen) atoms. The number of hydrazine groups is 1. The Hall–Kier alpha value is -0.630. The second-order valence-electron chi connectivity index (χ2n) is 3.07. The number of nitrogens with zero attached hydrogens (tertiary/aromatic N) is 1. The Bertz CT molecular complexity index is 459. The zero-order valence-electron chi connectivity index (χ0n) is 8.36. The minimum absolute atomic E-state index is 0.221. The van der Waals surface area contributed by atoms with Crippen LogP contribution in [0.5, 0.6) is 0 Å². The van der Waals surface area contributed by atoms with Crippen LogP contribution in [0.25, 0.3) is 0 Å². The van der Waals surface area contributed by atoms with Crippen molar-refractivity contribution in [2.75, 3.05) is 19.5 Å². The molecule has 0 heterocycles. The molecule has 84 valence electrons. The lowest BCUT2D eigenvalue weighted by atomic mass is 10.3. The van der Waals surface area contributed by atoms with Crippen molar-refractivity contribution in [3.63, 3.8) is 0 Å². The van der Waals surface area contributed by atoms with Crippen LogP contribution in [-0.4, -0.2) is 26.8 Å². The number of anilines is 1. The monoisotopic (exact) mass is 293 g/mol. The van der Waals surface area contributed by atoms with Gasteiger partial charge in [0.25, 0.3) is 0 Å². The maximum atomic E-state index is 11.7. The first-order valence-electron chi connectivity index (χ1n) is 4.08. The van der Waals surface area contributed by atoms with Crippen molar-refractivity contribution in [1.29, 1.82) is 0 Å². The van der Waals surface area contributed by atoms with Gasteiger partial charge < -0.3 is 5.43 Å². The van der Waals surface area contributed by atoms with Gasteiger partial charge in [-0.15, -0.1) is 0 Å². The van der Waals surface area contributed by atoms with Gasteiger partial charge in [0.15, 0.2) is 0 Å². The van der Waals surface area contributed by atoms with E-state index in [2.05, 4.69) is 21.4 Å². The molecule has 0 saturated heterocycles. The van der Waals surface area contributed by atoms with Crippen LogP contribution in [0.3, 0.4) is 0 Å². The summed E-state index contributed by atoms with van der Waals surface area (Å²) >= 11 is 3.22. The lowest BCUT2D eigenvalue weighted by Crippen LogP contribution is -2.22. The number of halogens is 1. The second-order valence-corrected chi connectivity index (χ2v) is 6.08. The summed E-state index contributed by atoms with van der Waals surface area (Å²) < 4.78 is 25.2. The van der Waals surface area contributed by atoms with Gasteiger partial charge in [-0.25, -0.2) is 12.7 Å². The van der Waals surface area contributed by atoms with E-state index in [1.165, 1.54) is 26.2 Å². The summed E-state index contributed by atoms with van der Waals surface area (Å²) in [5, 5.41) is 0. The van der Waals surface area contributed by atoms with E-state index in [9.17, 15) is 8.42 Å². The highest BCUT2D eigenvalue weighted by atomic mass is 79.9. The third-order valence-corrected chi connectivity index (χ3v) is 4.34. The van der Waals surface area contributed by atoms with Gasteiger partial charge >= 0.3 is 0 Å². The fraction of sp³-hybridized carbons (Fsp3) is 0.250. The third-order valence-electron chi connectivity index (χ3n) is 1.87. The molecule has 0 unspecified atom stereocenters. The molecule has 0 aliphatic rings. The largest absolute Gasteiger partial charge is 0.323 e. The quantitative estimate of drug-likeness (QED) is 0.644. The number of nitrogen functional groups attached to an aromatic ring is 1. The van der Waals surface area contributed by atoms with Crippen molar-refractivity contribution in [3.8, 4) is 0 Å². The maximum Gasteiger partial charge on any atom is 0.242 e. The van der Waals surface area contributed by atoms with E-state index >= 15 is 0 Å². The SMILES string of the molecule is CN(C)S(=O)(=O)c1ccc(NN)c(Br)c1. The molecule has 7 heteroatoms. The van der Waals surface area contributed by atoms with Crippen LogP contribution in [-0.2, 0) is 10.0 Å².